The minimum atomic E-state index is -0.363. The zero-order valence-corrected chi connectivity index (χ0v) is 20.1. The van der Waals surface area contributed by atoms with Crippen LogP contribution in [0.15, 0.2) is 53.3 Å². The van der Waals surface area contributed by atoms with E-state index in [1.54, 1.807) is 12.3 Å². The lowest BCUT2D eigenvalue weighted by molar-refractivity contribution is -0.135. The highest BCUT2D eigenvalue weighted by atomic mass is 19.1. The van der Waals surface area contributed by atoms with Gasteiger partial charge in [0.25, 0.3) is 0 Å². The summed E-state index contributed by atoms with van der Waals surface area (Å²) in [7, 11) is 0. The molecular formula is C27H28FN5O3. The number of rotatable bonds is 5. The van der Waals surface area contributed by atoms with E-state index in [0.29, 0.717) is 37.3 Å². The summed E-state index contributed by atoms with van der Waals surface area (Å²) in [6.45, 7) is 6.18. The van der Waals surface area contributed by atoms with Crippen molar-refractivity contribution in [2.24, 2.45) is 5.92 Å². The van der Waals surface area contributed by atoms with E-state index in [4.69, 9.17) is 9.15 Å². The van der Waals surface area contributed by atoms with E-state index in [1.807, 2.05) is 30.0 Å². The number of carbonyl (C=O) groups is 1. The maximum absolute atomic E-state index is 14.0. The number of furan rings is 1. The maximum atomic E-state index is 14.0. The molecule has 2 aliphatic rings. The summed E-state index contributed by atoms with van der Waals surface area (Å²) >= 11 is 0. The normalized spacial score (nSPS) is 19.2. The van der Waals surface area contributed by atoms with Gasteiger partial charge in [0.1, 0.15) is 11.8 Å². The molecule has 1 N–H and O–H groups in total. The Kier molecular flexibility index (Phi) is 5.92. The van der Waals surface area contributed by atoms with Crippen molar-refractivity contribution in [3.05, 3.63) is 60.2 Å². The van der Waals surface area contributed by atoms with Crippen LogP contribution in [0.4, 0.5) is 15.8 Å². The minimum absolute atomic E-state index is 0.00920. The topological polar surface area (TPSA) is 83.7 Å². The Morgan fingerprint density at radius 1 is 1.17 bits per heavy atom. The molecule has 4 heterocycles. The number of nitrogens with one attached hydrogen (secondary N) is 1. The molecule has 4 aromatic rings. The number of fused-ring (bicyclic) bond motifs is 2. The second kappa shape index (κ2) is 9.39. The van der Waals surface area contributed by atoms with E-state index in [9.17, 15) is 9.18 Å². The van der Waals surface area contributed by atoms with Crippen LogP contribution in [0.5, 0.6) is 0 Å². The third-order valence-corrected chi connectivity index (χ3v) is 7.28. The Bertz CT molecular complexity index is 1410. The number of benzene rings is 2. The van der Waals surface area contributed by atoms with Crippen LogP contribution in [0.3, 0.4) is 0 Å². The van der Waals surface area contributed by atoms with Crippen molar-refractivity contribution in [1.29, 1.82) is 0 Å². The first-order valence-electron chi connectivity index (χ1n) is 12.4. The standard InChI is InChI=1S/C27H28FN5O3/c1-17(20-3-2-4-21-23(28)16-36-26(20)21)30-25-14-29-31-24-6-5-19(13-22(24)25)32-8-10-33(11-9-32)27(34)18-7-12-35-15-18/h2-6,13-14,16-18H,7-12,15H2,1H3,(H,30,31)/t17-,18?/m1/s1. The lowest BCUT2D eigenvalue weighted by Gasteiger charge is -2.37. The summed E-state index contributed by atoms with van der Waals surface area (Å²) in [6, 6.07) is 11.5. The number of aromatic nitrogens is 2. The van der Waals surface area contributed by atoms with Gasteiger partial charge in [-0.2, -0.15) is 10.2 Å². The molecule has 0 bridgehead atoms. The first-order valence-corrected chi connectivity index (χ1v) is 12.4. The zero-order valence-electron chi connectivity index (χ0n) is 20.1. The zero-order chi connectivity index (χ0) is 24.6. The summed E-state index contributed by atoms with van der Waals surface area (Å²) in [5, 5.41) is 13.4. The van der Waals surface area contributed by atoms with Gasteiger partial charge in [0.05, 0.1) is 41.4 Å². The first kappa shape index (κ1) is 22.7. The minimum Gasteiger partial charge on any atom is -0.461 e. The second-order valence-electron chi connectivity index (χ2n) is 9.51. The molecule has 0 aliphatic carbocycles. The highest BCUT2D eigenvalue weighted by molar-refractivity contribution is 5.93. The number of halogens is 1. The van der Waals surface area contributed by atoms with Crippen molar-refractivity contribution in [3.8, 4) is 0 Å². The molecule has 1 amide bonds. The molecule has 0 radical (unpaired) electrons. The Labute approximate surface area is 208 Å². The van der Waals surface area contributed by atoms with E-state index < -0.39 is 0 Å². The number of nitrogens with zero attached hydrogens (tertiary/aromatic N) is 4. The molecule has 2 aliphatic heterocycles. The van der Waals surface area contributed by atoms with Gasteiger partial charge in [0.15, 0.2) is 5.82 Å². The molecule has 0 saturated carbocycles. The number of hydrogen-bond acceptors (Lipinski definition) is 7. The van der Waals surface area contributed by atoms with Crippen LogP contribution in [0, 0.1) is 11.7 Å². The molecule has 2 atom stereocenters. The molecular weight excluding hydrogens is 461 g/mol. The molecule has 8 nitrogen and oxygen atoms in total. The molecule has 36 heavy (non-hydrogen) atoms. The quantitative estimate of drug-likeness (QED) is 0.446. The average Bonchev–Trinajstić information content (AvgIpc) is 3.59. The Hall–Kier alpha value is -3.72. The van der Waals surface area contributed by atoms with Crippen LogP contribution >= 0.6 is 0 Å². The summed E-state index contributed by atoms with van der Waals surface area (Å²) in [4.78, 5) is 17.0. The smallest absolute Gasteiger partial charge is 0.228 e. The van der Waals surface area contributed by atoms with Crippen LogP contribution in [-0.4, -0.2) is 60.4 Å². The first-order chi connectivity index (χ1) is 17.6. The number of anilines is 2. The van der Waals surface area contributed by atoms with E-state index in [-0.39, 0.29) is 23.7 Å². The molecule has 6 rings (SSSR count). The van der Waals surface area contributed by atoms with Gasteiger partial charge < -0.3 is 24.3 Å². The van der Waals surface area contributed by atoms with Gasteiger partial charge in [0.2, 0.25) is 5.91 Å². The van der Waals surface area contributed by atoms with Crippen molar-refractivity contribution >= 4 is 39.2 Å². The molecule has 2 saturated heterocycles. The number of carbonyl (C=O) groups excluding carboxylic acids is 1. The van der Waals surface area contributed by atoms with Crippen molar-refractivity contribution in [2.75, 3.05) is 49.6 Å². The largest absolute Gasteiger partial charge is 0.461 e. The monoisotopic (exact) mass is 489 g/mol. The Balaban J connectivity index is 1.21. The fraction of sp³-hybridized carbons (Fsp3) is 0.370. The molecule has 2 aromatic carbocycles. The van der Waals surface area contributed by atoms with E-state index >= 15 is 0 Å². The fourth-order valence-corrected chi connectivity index (χ4v) is 5.23. The van der Waals surface area contributed by atoms with E-state index in [2.05, 4.69) is 32.5 Å². The fourth-order valence-electron chi connectivity index (χ4n) is 5.23. The molecule has 1 unspecified atom stereocenters. The summed E-state index contributed by atoms with van der Waals surface area (Å²) in [5.74, 6) is -0.138. The van der Waals surface area contributed by atoms with Crippen molar-refractivity contribution in [3.63, 3.8) is 0 Å². The maximum Gasteiger partial charge on any atom is 0.228 e. The van der Waals surface area contributed by atoms with E-state index in [0.717, 1.165) is 53.6 Å². The van der Waals surface area contributed by atoms with Crippen molar-refractivity contribution < 1.29 is 18.3 Å². The highest BCUT2D eigenvalue weighted by Gasteiger charge is 2.30. The number of para-hydroxylation sites is 1. The lowest BCUT2D eigenvalue weighted by atomic mass is 10.0. The number of amides is 1. The van der Waals surface area contributed by atoms with Gasteiger partial charge >= 0.3 is 0 Å². The Morgan fingerprint density at radius 3 is 2.83 bits per heavy atom. The van der Waals surface area contributed by atoms with Crippen LogP contribution in [-0.2, 0) is 9.53 Å². The van der Waals surface area contributed by atoms with E-state index in [1.165, 1.54) is 0 Å². The van der Waals surface area contributed by atoms with Gasteiger partial charge in [-0.15, -0.1) is 0 Å². The summed E-state index contributed by atoms with van der Waals surface area (Å²) in [5.41, 5.74) is 4.11. The second-order valence-corrected chi connectivity index (χ2v) is 9.51. The molecule has 9 heteroatoms. The molecule has 2 fully saturated rings. The van der Waals surface area contributed by atoms with Gasteiger partial charge in [-0.25, -0.2) is 4.39 Å². The van der Waals surface area contributed by atoms with Crippen LogP contribution < -0.4 is 10.2 Å². The summed E-state index contributed by atoms with van der Waals surface area (Å²) in [6.07, 6.45) is 3.68. The summed E-state index contributed by atoms with van der Waals surface area (Å²) < 4.78 is 24.9. The van der Waals surface area contributed by atoms with Gasteiger partial charge in [-0.3, -0.25) is 4.79 Å². The van der Waals surface area contributed by atoms with Gasteiger partial charge in [-0.05, 0) is 37.6 Å². The molecule has 186 valence electrons. The highest BCUT2D eigenvalue weighted by Crippen LogP contribution is 2.32. The number of ether oxygens (including phenoxy) is 1. The average molecular weight is 490 g/mol. The van der Waals surface area contributed by atoms with Crippen LogP contribution in [0.25, 0.3) is 21.9 Å². The molecule has 2 aromatic heterocycles. The third kappa shape index (κ3) is 4.13. The third-order valence-electron chi connectivity index (χ3n) is 7.28. The SMILES string of the molecule is C[C@@H](Nc1cnnc2ccc(N3CCN(C(=O)C4CCOC4)CC3)cc12)c1cccc2c(F)coc12. The van der Waals surface area contributed by atoms with Crippen LogP contribution in [0.1, 0.15) is 24.9 Å². The predicted octanol–water partition coefficient (Wildman–Crippen LogP) is 4.37. The van der Waals surface area contributed by atoms with Gasteiger partial charge in [-0.1, -0.05) is 12.1 Å². The predicted molar refractivity (Wildman–Crippen MR) is 135 cm³/mol. The number of piperazine rings is 1. The van der Waals surface area contributed by atoms with Crippen molar-refractivity contribution in [1.82, 2.24) is 15.1 Å². The van der Waals surface area contributed by atoms with Crippen LogP contribution in [0.2, 0.25) is 0 Å². The number of hydrogen-bond donors (Lipinski definition) is 1. The molecule has 0 spiro atoms. The van der Waals surface area contributed by atoms with Gasteiger partial charge in [0, 0.05) is 49.4 Å². The lowest BCUT2D eigenvalue weighted by Crippen LogP contribution is -2.50. The Morgan fingerprint density at radius 2 is 2.03 bits per heavy atom. The van der Waals surface area contributed by atoms with Crippen molar-refractivity contribution in [2.45, 2.75) is 19.4 Å².